The van der Waals surface area contributed by atoms with Crippen LogP contribution in [0.3, 0.4) is 0 Å². The van der Waals surface area contributed by atoms with Crippen molar-refractivity contribution in [3.63, 3.8) is 0 Å². The highest BCUT2D eigenvalue weighted by Gasteiger charge is 2.25. The van der Waals surface area contributed by atoms with Crippen LogP contribution < -0.4 is 14.2 Å². The van der Waals surface area contributed by atoms with Crippen LogP contribution in [0.1, 0.15) is 29.1 Å². The normalized spacial score (nSPS) is 11.7. The van der Waals surface area contributed by atoms with Gasteiger partial charge in [0.2, 0.25) is 6.54 Å². The van der Waals surface area contributed by atoms with Crippen molar-refractivity contribution < 1.29 is 23.5 Å². The number of nitro groups is 1. The number of hydrogen-bond acceptors (Lipinski definition) is 8. The Bertz CT molecular complexity index is 1380. The lowest BCUT2D eigenvalue weighted by atomic mass is 10.1. The maximum atomic E-state index is 13.2. The van der Waals surface area contributed by atoms with Gasteiger partial charge in [-0.3, -0.25) is 14.7 Å². The SMILES string of the molecule is CCOc1ccc(-n2c(C)nnc2S[C@@H](C[N+](=O)[O-])c2ccc(OCc3ccc(F)cc3)c(OC)c2)cc1. The molecule has 0 aliphatic rings. The number of rotatable bonds is 12. The Kier molecular flexibility index (Phi) is 8.80. The summed E-state index contributed by atoms with van der Waals surface area (Å²) in [6.45, 7) is 4.19. The van der Waals surface area contributed by atoms with Crippen LogP contribution in [0.15, 0.2) is 71.9 Å². The average Bonchev–Trinajstić information content (AvgIpc) is 3.28. The number of thioether (sulfide) groups is 1. The molecule has 0 amide bonds. The Balaban J connectivity index is 1.58. The summed E-state index contributed by atoms with van der Waals surface area (Å²) in [5, 5.41) is 20.0. The molecule has 0 saturated heterocycles. The van der Waals surface area contributed by atoms with Gasteiger partial charge >= 0.3 is 0 Å². The molecular formula is C27H27FN4O5S. The van der Waals surface area contributed by atoms with Crippen LogP contribution in [0.2, 0.25) is 0 Å². The number of aryl methyl sites for hydroxylation is 1. The minimum Gasteiger partial charge on any atom is -0.494 e. The first-order chi connectivity index (χ1) is 18.4. The molecule has 0 aliphatic carbocycles. The fourth-order valence-corrected chi connectivity index (χ4v) is 4.96. The quantitative estimate of drug-likeness (QED) is 0.127. The minimum absolute atomic E-state index is 0.216. The van der Waals surface area contributed by atoms with E-state index in [9.17, 15) is 14.5 Å². The van der Waals surface area contributed by atoms with E-state index in [1.165, 1.54) is 31.0 Å². The number of halogens is 1. The van der Waals surface area contributed by atoms with Gasteiger partial charge in [-0.05, 0) is 73.5 Å². The molecule has 0 bridgehead atoms. The van der Waals surface area contributed by atoms with Crippen molar-refractivity contribution in [2.75, 3.05) is 20.3 Å². The second-order valence-corrected chi connectivity index (χ2v) is 9.41. The second kappa shape index (κ2) is 12.4. The van der Waals surface area contributed by atoms with Gasteiger partial charge in [-0.15, -0.1) is 10.2 Å². The molecule has 3 aromatic carbocycles. The van der Waals surface area contributed by atoms with Gasteiger partial charge in [-0.1, -0.05) is 30.0 Å². The summed E-state index contributed by atoms with van der Waals surface area (Å²) in [6.07, 6.45) is 0. The molecule has 0 unspecified atom stereocenters. The molecule has 0 fully saturated rings. The Morgan fingerprint density at radius 1 is 1.03 bits per heavy atom. The zero-order chi connectivity index (χ0) is 27.1. The van der Waals surface area contributed by atoms with Crippen LogP contribution >= 0.6 is 11.8 Å². The number of hydrogen-bond donors (Lipinski definition) is 0. The van der Waals surface area contributed by atoms with E-state index in [2.05, 4.69) is 10.2 Å². The minimum atomic E-state index is -0.574. The fraction of sp³-hybridized carbons (Fsp3) is 0.259. The number of ether oxygens (including phenoxy) is 3. The van der Waals surface area contributed by atoms with Gasteiger partial charge in [0.15, 0.2) is 16.7 Å². The summed E-state index contributed by atoms with van der Waals surface area (Å²) in [7, 11) is 1.51. The van der Waals surface area contributed by atoms with Crippen LogP contribution in [-0.4, -0.2) is 39.9 Å². The zero-order valence-electron chi connectivity index (χ0n) is 21.2. The van der Waals surface area contributed by atoms with E-state index in [4.69, 9.17) is 14.2 Å². The molecule has 198 valence electrons. The van der Waals surface area contributed by atoms with Crippen molar-refractivity contribution in [1.82, 2.24) is 14.8 Å². The molecule has 9 nitrogen and oxygen atoms in total. The lowest BCUT2D eigenvalue weighted by molar-refractivity contribution is -0.479. The summed E-state index contributed by atoms with van der Waals surface area (Å²) in [5.41, 5.74) is 2.29. The van der Waals surface area contributed by atoms with Crippen molar-refractivity contribution >= 4 is 11.8 Å². The van der Waals surface area contributed by atoms with Crippen molar-refractivity contribution in [3.05, 3.63) is 99.6 Å². The highest BCUT2D eigenvalue weighted by atomic mass is 32.2. The highest BCUT2D eigenvalue weighted by Crippen LogP contribution is 2.39. The van der Waals surface area contributed by atoms with Gasteiger partial charge in [0.25, 0.3) is 0 Å². The molecule has 0 radical (unpaired) electrons. The maximum Gasteiger partial charge on any atom is 0.220 e. The highest BCUT2D eigenvalue weighted by molar-refractivity contribution is 7.99. The number of benzene rings is 3. The van der Waals surface area contributed by atoms with E-state index in [1.54, 1.807) is 30.3 Å². The van der Waals surface area contributed by atoms with Gasteiger partial charge in [0.05, 0.1) is 13.7 Å². The van der Waals surface area contributed by atoms with Crippen molar-refractivity contribution in [1.29, 1.82) is 0 Å². The first-order valence-electron chi connectivity index (χ1n) is 11.9. The van der Waals surface area contributed by atoms with E-state index < -0.39 is 5.25 Å². The van der Waals surface area contributed by atoms with Crippen molar-refractivity contribution in [2.45, 2.75) is 30.9 Å². The Morgan fingerprint density at radius 2 is 1.76 bits per heavy atom. The van der Waals surface area contributed by atoms with Crippen LogP contribution in [0.4, 0.5) is 4.39 Å². The standard InChI is InChI=1S/C27H27FN4O5S/c1-4-36-23-12-10-22(11-13-23)32-18(2)29-30-27(32)38-26(16-31(33)34)20-7-14-24(25(15-20)35-3)37-17-19-5-8-21(28)9-6-19/h5-15,26H,4,16-17H2,1-3H3/t26-/m0/s1. The molecule has 38 heavy (non-hydrogen) atoms. The van der Waals surface area contributed by atoms with Crippen LogP contribution in [0, 0.1) is 22.9 Å². The van der Waals surface area contributed by atoms with Gasteiger partial charge < -0.3 is 14.2 Å². The zero-order valence-corrected chi connectivity index (χ0v) is 22.0. The van der Waals surface area contributed by atoms with E-state index in [0.717, 1.165) is 17.0 Å². The molecule has 4 rings (SSSR count). The van der Waals surface area contributed by atoms with Crippen molar-refractivity contribution in [2.24, 2.45) is 0 Å². The molecule has 1 heterocycles. The smallest absolute Gasteiger partial charge is 0.220 e. The number of aromatic nitrogens is 3. The topological polar surface area (TPSA) is 102 Å². The molecule has 0 N–H and O–H groups in total. The summed E-state index contributed by atoms with van der Waals surface area (Å²) in [4.78, 5) is 11.2. The summed E-state index contributed by atoms with van der Waals surface area (Å²) in [5.74, 6) is 1.98. The molecule has 1 atom stereocenters. The maximum absolute atomic E-state index is 13.2. The third-order valence-electron chi connectivity index (χ3n) is 5.63. The van der Waals surface area contributed by atoms with Gasteiger partial charge in [-0.25, -0.2) is 4.39 Å². The number of methoxy groups -OCH3 is 1. The van der Waals surface area contributed by atoms with E-state index in [-0.39, 0.29) is 23.9 Å². The summed E-state index contributed by atoms with van der Waals surface area (Å²) < 4.78 is 31.9. The monoisotopic (exact) mass is 538 g/mol. The van der Waals surface area contributed by atoms with Gasteiger partial charge in [-0.2, -0.15) is 0 Å². The third-order valence-corrected chi connectivity index (χ3v) is 6.81. The van der Waals surface area contributed by atoms with E-state index >= 15 is 0 Å². The molecule has 0 saturated carbocycles. The lowest BCUT2D eigenvalue weighted by Gasteiger charge is -2.17. The first-order valence-corrected chi connectivity index (χ1v) is 12.7. The first kappa shape index (κ1) is 26.9. The predicted molar refractivity (Wildman–Crippen MR) is 141 cm³/mol. The van der Waals surface area contributed by atoms with E-state index in [1.807, 2.05) is 42.7 Å². The molecule has 1 aromatic heterocycles. The third kappa shape index (κ3) is 6.60. The molecule has 0 aliphatic heterocycles. The van der Waals surface area contributed by atoms with Gasteiger partial charge in [0, 0.05) is 10.6 Å². The summed E-state index contributed by atoms with van der Waals surface area (Å²) in [6, 6.07) is 18.7. The lowest BCUT2D eigenvalue weighted by Crippen LogP contribution is -2.11. The summed E-state index contributed by atoms with van der Waals surface area (Å²) >= 11 is 1.25. The molecule has 0 spiro atoms. The molecule has 4 aromatic rings. The van der Waals surface area contributed by atoms with Crippen LogP contribution in [0.5, 0.6) is 17.2 Å². The average molecular weight is 539 g/mol. The second-order valence-electron chi connectivity index (χ2n) is 8.24. The van der Waals surface area contributed by atoms with E-state index in [0.29, 0.717) is 34.7 Å². The number of nitrogens with zero attached hydrogens (tertiary/aromatic N) is 4. The molecular weight excluding hydrogens is 511 g/mol. The van der Waals surface area contributed by atoms with Crippen LogP contribution in [0.25, 0.3) is 5.69 Å². The van der Waals surface area contributed by atoms with Crippen molar-refractivity contribution in [3.8, 4) is 22.9 Å². The largest absolute Gasteiger partial charge is 0.494 e. The predicted octanol–water partition coefficient (Wildman–Crippen LogP) is 5.81. The van der Waals surface area contributed by atoms with Crippen LogP contribution in [-0.2, 0) is 6.61 Å². The Morgan fingerprint density at radius 3 is 2.42 bits per heavy atom. The fourth-order valence-electron chi connectivity index (χ4n) is 3.79. The molecule has 11 heteroatoms. The Labute approximate surface area is 223 Å². The Hall–Kier alpha value is -4.12. The van der Waals surface area contributed by atoms with Gasteiger partial charge in [0.1, 0.15) is 29.2 Å².